The first-order chi connectivity index (χ1) is 12.2. The van der Waals surface area contributed by atoms with Crippen LogP contribution in [0.15, 0.2) is 10.9 Å². The van der Waals surface area contributed by atoms with E-state index in [1.807, 2.05) is 0 Å². The Balaban J connectivity index is 1.41. The molecule has 7 nitrogen and oxygen atoms in total. The summed E-state index contributed by atoms with van der Waals surface area (Å²) in [6.45, 7) is 8.97. The number of nitrogens with zero attached hydrogens (tertiary/aromatic N) is 6. The number of fused-ring (bicyclic) bond motifs is 1. The van der Waals surface area contributed by atoms with E-state index in [1.54, 1.807) is 6.33 Å². The van der Waals surface area contributed by atoms with E-state index >= 15 is 0 Å². The van der Waals surface area contributed by atoms with Gasteiger partial charge >= 0.3 is 0 Å². The van der Waals surface area contributed by atoms with Crippen molar-refractivity contribution in [2.75, 3.05) is 31.1 Å². The Kier molecular flexibility index (Phi) is 4.65. The molecule has 0 atom stereocenters. The van der Waals surface area contributed by atoms with E-state index in [0.29, 0.717) is 0 Å². The number of hydrogen-bond acceptors (Lipinski definition) is 7. The van der Waals surface area contributed by atoms with Crippen molar-refractivity contribution in [3.63, 3.8) is 0 Å². The molecule has 0 aromatic carbocycles. The Labute approximate surface area is 148 Å². The first-order valence-electron chi connectivity index (χ1n) is 9.33. The van der Waals surface area contributed by atoms with Crippen molar-refractivity contribution in [3.8, 4) is 0 Å². The second kappa shape index (κ2) is 7.07. The second-order valence-electron chi connectivity index (χ2n) is 7.30. The first kappa shape index (κ1) is 16.4. The highest BCUT2D eigenvalue weighted by Crippen LogP contribution is 2.28. The normalized spacial score (nSPS) is 18.6. The summed E-state index contributed by atoms with van der Waals surface area (Å²) >= 11 is 0. The Morgan fingerprint density at radius 3 is 2.84 bits per heavy atom. The smallest absolute Gasteiger partial charge is 0.229 e. The molecule has 1 aliphatic heterocycles. The molecule has 134 valence electrons. The fourth-order valence-corrected chi connectivity index (χ4v) is 3.72. The third-order valence-electron chi connectivity index (χ3n) is 5.08. The summed E-state index contributed by atoms with van der Waals surface area (Å²) in [5, 5.41) is 4.12. The molecule has 1 aliphatic carbocycles. The Morgan fingerprint density at radius 1 is 1.08 bits per heavy atom. The van der Waals surface area contributed by atoms with Gasteiger partial charge in [-0.3, -0.25) is 4.90 Å². The van der Waals surface area contributed by atoms with Crippen LogP contribution in [0.3, 0.4) is 0 Å². The molecule has 0 amide bonds. The van der Waals surface area contributed by atoms with E-state index in [4.69, 9.17) is 4.52 Å². The van der Waals surface area contributed by atoms with Gasteiger partial charge in [-0.05, 0) is 25.7 Å². The van der Waals surface area contributed by atoms with Crippen molar-refractivity contribution in [2.45, 2.75) is 52.0 Å². The van der Waals surface area contributed by atoms with Crippen LogP contribution in [0.4, 0.5) is 5.82 Å². The van der Waals surface area contributed by atoms with Crippen molar-refractivity contribution in [3.05, 3.63) is 29.3 Å². The lowest BCUT2D eigenvalue weighted by Crippen LogP contribution is -2.31. The summed E-state index contributed by atoms with van der Waals surface area (Å²) in [5.41, 5.74) is 2.62. The lowest BCUT2D eigenvalue weighted by Gasteiger charge is -2.24. The summed E-state index contributed by atoms with van der Waals surface area (Å²) in [6, 6.07) is 0. The zero-order chi connectivity index (χ0) is 17.2. The Hall–Kier alpha value is -2.02. The molecule has 1 fully saturated rings. The molecule has 7 heteroatoms. The molecule has 2 aromatic rings. The van der Waals surface area contributed by atoms with Crippen LogP contribution in [0, 0.1) is 0 Å². The highest BCUT2D eigenvalue weighted by Gasteiger charge is 2.23. The summed E-state index contributed by atoms with van der Waals surface area (Å²) in [5.74, 6) is 2.95. The van der Waals surface area contributed by atoms with E-state index in [2.05, 4.69) is 43.8 Å². The molecule has 2 aromatic heterocycles. The average molecular weight is 342 g/mol. The molecule has 4 rings (SSSR count). The molecule has 0 spiro atoms. The van der Waals surface area contributed by atoms with Gasteiger partial charge in [0.2, 0.25) is 5.89 Å². The fraction of sp³-hybridized carbons (Fsp3) is 0.667. The van der Waals surface area contributed by atoms with E-state index in [9.17, 15) is 0 Å². The van der Waals surface area contributed by atoms with Gasteiger partial charge in [-0.1, -0.05) is 19.0 Å². The topological polar surface area (TPSA) is 71.2 Å². The van der Waals surface area contributed by atoms with Gasteiger partial charge in [0, 0.05) is 43.4 Å². The number of aromatic nitrogens is 4. The molecule has 3 heterocycles. The third kappa shape index (κ3) is 3.51. The van der Waals surface area contributed by atoms with Crippen molar-refractivity contribution in [2.24, 2.45) is 0 Å². The molecular weight excluding hydrogens is 316 g/mol. The number of anilines is 1. The quantitative estimate of drug-likeness (QED) is 0.843. The van der Waals surface area contributed by atoms with Crippen molar-refractivity contribution >= 4 is 5.82 Å². The van der Waals surface area contributed by atoms with Crippen LogP contribution in [-0.4, -0.2) is 51.2 Å². The standard InChI is InChI=1S/C18H26N6O/c1-13(2)18-21-16(22-25-18)11-23-7-4-8-24(10-9-23)17-14-5-3-6-15(14)19-12-20-17/h12-13H,3-11H2,1-2H3. The van der Waals surface area contributed by atoms with E-state index < -0.39 is 0 Å². The lowest BCUT2D eigenvalue weighted by atomic mass is 10.2. The summed E-state index contributed by atoms with van der Waals surface area (Å²) < 4.78 is 5.32. The van der Waals surface area contributed by atoms with Gasteiger partial charge in [-0.15, -0.1) is 0 Å². The summed E-state index contributed by atoms with van der Waals surface area (Å²) in [4.78, 5) is 18.4. The maximum absolute atomic E-state index is 5.32. The van der Waals surface area contributed by atoms with Gasteiger partial charge in [-0.2, -0.15) is 4.98 Å². The average Bonchev–Trinajstić information content (AvgIpc) is 3.21. The molecule has 0 N–H and O–H groups in total. The van der Waals surface area contributed by atoms with Crippen molar-refractivity contribution in [1.82, 2.24) is 25.0 Å². The van der Waals surface area contributed by atoms with Crippen LogP contribution < -0.4 is 4.90 Å². The van der Waals surface area contributed by atoms with Gasteiger partial charge in [0.25, 0.3) is 0 Å². The SMILES string of the molecule is CC(C)c1nc(CN2CCCN(c3ncnc4c3CCC4)CC2)no1. The van der Waals surface area contributed by atoms with Gasteiger partial charge in [0.1, 0.15) is 12.1 Å². The molecule has 0 unspecified atom stereocenters. The molecule has 1 saturated heterocycles. The molecule has 0 saturated carbocycles. The number of rotatable bonds is 4. The Bertz CT molecular complexity index is 728. The summed E-state index contributed by atoms with van der Waals surface area (Å²) in [7, 11) is 0. The van der Waals surface area contributed by atoms with E-state index in [0.717, 1.165) is 69.5 Å². The van der Waals surface area contributed by atoms with Crippen LogP contribution in [-0.2, 0) is 19.4 Å². The van der Waals surface area contributed by atoms with Crippen LogP contribution in [0.5, 0.6) is 0 Å². The third-order valence-corrected chi connectivity index (χ3v) is 5.08. The van der Waals surface area contributed by atoms with Gasteiger partial charge in [-0.25, -0.2) is 9.97 Å². The summed E-state index contributed by atoms with van der Waals surface area (Å²) in [6.07, 6.45) is 6.27. The lowest BCUT2D eigenvalue weighted by molar-refractivity contribution is 0.271. The highest BCUT2D eigenvalue weighted by molar-refractivity contribution is 5.50. The van der Waals surface area contributed by atoms with Gasteiger partial charge < -0.3 is 9.42 Å². The van der Waals surface area contributed by atoms with Crippen LogP contribution in [0.2, 0.25) is 0 Å². The Morgan fingerprint density at radius 2 is 2.00 bits per heavy atom. The van der Waals surface area contributed by atoms with Gasteiger partial charge in [0.05, 0.1) is 6.54 Å². The van der Waals surface area contributed by atoms with Crippen LogP contribution in [0.1, 0.15) is 55.6 Å². The monoisotopic (exact) mass is 342 g/mol. The number of hydrogen-bond donors (Lipinski definition) is 0. The minimum atomic E-state index is 0.278. The molecule has 2 aliphatic rings. The molecule has 0 radical (unpaired) electrons. The van der Waals surface area contributed by atoms with E-state index in [-0.39, 0.29) is 5.92 Å². The van der Waals surface area contributed by atoms with Gasteiger partial charge in [0.15, 0.2) is 5.82 Å². The zero-order valence-corrected chi connectivity index (χ0v) is 15.1. The van der Waals surface area contributed by atoms with E-state index in [1.165, 1.54) is 17.7 Å². The molecular formula is C18H26N6O. The second-order valence-corrected chi connectivity index (χ2v) is 7.30. The van der Waals surface area contributed by atoms with Crippen molar-refractivity contribution < 1.29 is 4.52 Å². The molecule has 0 bridgehead atoms. The zero-order valence-electron chi connectivity index (χ0n) is 15.1. The largest absolute Gasteiger partial charge is 0.355 e. The first-order valence-corrected chi connectivity index (χ1v) is 9.33. The predicted molar refractivity (Wildman–Crippen MR) is 94.6 cm³/mol. The highest BCUT2D eigenvalue weighted by atomic mass is 16.5. The van der Waals surface area contributed by atoms with Crippen molar-refractivity contribution in [1.29, 1.82) is 0 Å². The minimum Gasteiger partial charge on any atom is -0.355 e. The predicted octanol–water partition coefficient (Wildman–Crippen LogP) is 2.18. The fourth-order valence-electron chi connectivity index (χ4n) is 3.72. The maximum atomic E-state index is 5.32. The number of aryl methyl sites for hydroxylation is 1. The molecule has 25 heavy (non-hydrogen) atoms. The van der Waals surface area contributed by atoms with Crippen LogP contribution in [0.25, 0.3) is 0 Å². The maximum Gasteiger partial charge on any atom is 0.229 e. The van der Waals surface area contributed by atoms with Crippen LogP contribution >= 0.6 is 0 Å². The minimum absolute atomic E-state index is 0.278.